The first kappa shape index (κ1) is 31.1. The molecule has 202 valence electrons. The van der Waals surface area contributed by atoms with Crippen molar-refractivity contribution in [1.82, 2.24) is 20.1 Å². The van der Waals surface area contributed by atoms with Gasteiger partial charge in [0.25, 0.3) is 0 Å². The Hall–Kier alpha value is -3.15. The molecule has 1 aromatic heterocycles. The van der Waals surface area contributed by atoms with Crippen LogP contribution in [0.1, 0.15) is 54.8 Å². The first-order chi connectivity index (χ1) is 18.2. The summed E-state index contributed by atoms with van der Waals surface area (Å²) < 4.78 is 2.12. The minimum atomic E-state index is 0.895. The smallest absolute Gasteiger partial charge is 0.196 e. The van der Waals surface area contributed by atoms with Crippen molar-refractivity contribution < 1.29 is 0 Å². The van der Waals surface area contributed by atoms with Gasteiger partial charge in [0.05, 0.1) is 0 Å². The third-order valence-corrected chi connectivity index (χ3v) is 6.94. The van der Waals surface area contributed by atoms with Gasteiger partial charge in [0.1, 0.15) is 5.82 Å². The quantitative estimate of drug-likeness (QED) is 0.111. The normalized spacial score (nSPS) is 11.4. The molecule has 0 aliphatic rings. The summed E-state index contributed by atoms with van der Waals surface area (Å²) >= 11 is 1.73. The summed E-state index contributed by atoms with van der Waals surface area (Å²) in [6, 6.07) is 15.1. The fourth-order valence-corrected chi connectivity index (χ4v) is 4.71. The molecule has 0 fully saturated rings. The summed E-state index contributed by atoms with van der Waals surface area (Å²) in [5.74, 6) is 1.81. The van der Waals surface area contributed by atoms with Crippen LogP contribution in [0.3, 0.4) is 0 Å². The predicted octanol–water partition coefficient (Wildman–Crippen LogP) is 8.41. The predicted molar refractivity (Wildman–Crippen MR) is 166 cm³/mol. The fourth-order valence-electron chi connectivity index (χ4n) is 3.79. The highest BCUT2D eigenvalue weighted by atomic mass is 32.2. The zero-order valence-corrected chi connectivity index (χ0v) is 24.9. The Balaban J connectivity index is 0.000000296. The summed E-state index contributed by atoms with van der Waals surface area (Å²) in [6.45, 7) is 22.2. The Morgan fingerprint density at radius 3 is 2.29 bits per heavy atom. The van der Waals surface area contributed by atoms with E-state index in [1.807, 2.05) is 19.1 Å². The van der Waals surface area contributed by atoms with Crippen molar-refractivity contribution in [2.24, 2.45) is 0 Å². The Bertz CT molecular complexity index is 1210. The number of allylic oxidation sites excluding steroid dienone is 4. The Labute approximate surface area is 234 Å². The molecule has 0 saturated heterocycles. The van der Waals surface area contributed by atoms with Gasteiger partial charge in [0.15, 0.2) is 5.16 Å². The van der Waals surface area contributed by atoms with E-state index in [4.69, 9.17) is 0 Å². The second-order valence-corrected chi connectivity index (χ2v) is 10.6. The van der Waals surface area contributed by atoms with Crippen LogP contribution in [0.15, 0.2) is 96.2 Å². The van der Waals surface area contributed by atoms with Crippen LogP contribution in [0.2, 0.25) is 0 Å². The van der Waals surface area contributed by atoms with Crippen LogP contribution >= 0.6 is 11.8 Å². The molecular formula is C33H44N4S. The molecule has 0 saturated carbocycles. The average Bonchev–Trinajstić information content (AvgIpc) is 3.26. The van der Waals surface area contributed by atoms with Gasteiger partial charge >= 0.3 is 0 Å². The van der Waals surface area contributed by atoms with Gasteiger partial charge in [0, 0.05) is 18.0 Å². The summed E-state index contributed by atoms with van der Waals surface area (Å²) in [7, 11) is 0. The van der Waals surface area contributed by atoms with Crippen LogP contribution in [-0.4, -0.2) is 27.9 Å². The highest BCUT2D eigenvalue weighted by Gasteiger charge is 2.11. The van der Waals surface area contributed by atoms with E-state index in [0.717, 1.165) is 48.4 Å². The summed E-state index contributed by atoms with van der Waals surface area (Å²) in [4.78, 5) is 0. The van der Waals surface area contributed by atoms with Gasteiger partial charge in [-0.05, 0) is 71.7 Å². The SMILES string of the molecule is C=C/C=C\C=C(/C)CCNCC(=C)CC.Cc1ccc(-n2c(C)nnc2SCc2cc(C)cc(C)c2)cc1. The molecule has 0 atom stereocenters. The number of nitrogens with one attached hydrogen (secondary N) is 1. The lowest BCUT2D eigenvalue weighted by atomic mass is 10.1. The van der Waals surface area contributed by atoms with Gasteiger partial charge in [-0.2, -0.15) is 0 Å². The van der Waals surface area contributed by atoms with E-state index in [9.17, 15) is 0 Å². The highest BCUT2D eigenvalue weighted by Crippen LogP contribution is 2.26. The number of aryl methyl sites for hydroxylation is 4. The summed E-state index contributed by atoms with van der Waals surface area (Å²) in [5, 5.41) is 12.9. The molecule has 0 radical (unpaired) electrons. The molecule has 0 amide bonds. The van der Waals surface area contributed by atoms with Gasteiger partial charge < -0.3 is 5.32 Å². The fraction of sp³-hybridized carbons (Fsp3) is 0.333. The summed E-state index contributed by atoms with van der Waals surface area (Å²) in [6.07, 6.45) is 10.0. The lowest BCUT2D eigenvalue weighted by Crippen LogP contribution is -2.18. The number of rotatable bonds is 12. The number of hydrogen-bond donors (Lipinski definition) is 1. The van der Waals surface area contributed by atoms with E-state index in [-0.39, 0.29) is 0 Å². The monoisotopic (exact) mass is 528 g/mol. The minimum Gasteiger partial charge on any atom is -0.313 e. The molecule has 1 heterocycles. The van der Waals surface area contributed by atoms with Crippen molar-refractivity contribution in [3.63, 3.8) is 0 Å². The van der Waals surface area contributed by atoms with Crippen molar-refractivity contribution in [2.75, 3.05) is 13.1 Å². The third-order valence-electron chi connectivity index (χ3n) is 5.94. The van der Waals surface area contributed by atoms with Gasteiger partial charge in [-0.3, -0.25) is 4.57 Å². The molecule has 5 heteroatoms. The second-order valence-electron chi connectivity index (χ2n) is 9.65. The Morgan fingerprint density at radius 1 is 0.974 bits per heavy atom. The van der Waals surface area contributed by atoms with Crippen molar-refractivity contribution in [3.05, 3.63) is 119 Å². The number of hydrogen-bond acceptors (Lipinski definition) is 4. The van der Waals surface area contributed by atoms with E-state index in [1.165, 1.54) is 33.4 Å². The van der Waals surface area contributed by atoms with E-state index in [2.05, 4.69) is 116 Å². The van der Waals surface area contributed by atoms with Crippen LogP contribution in [0, 0.1) is 27.7 Å². The molecule has 0 aliphatic carbocycles. The molecule has 2 aromatic carbocycles. The minimum absolute atomic E-state index is 0.895. The van der Waals surface area contributed by atoms with Crippen LogP contribution in [-0.2, 0) is 5.75 Å². The van der Waals surface area contributed by atoms with Crippen LogP contribution in [0.25, 0.3) is 5.69 Å². The van der Waals surface area contributed by atoms with Gasteiger partial charge in [-0.25, -0.2) is 0 Å². The highest BCUT2D eigenvalue weighted by molar-refractivity contribution is 7.98. The molecule has 0 spiro atoms. The van der Waals surface area contributed by atoms with Crippen molar-refractivity contribution >= 4 is 11.8 Å². The maximum atomic E-state index is 4.35. The number of aromatic nitrogens is 3. The second kappa shape index (κ2) is 16.6. The van der Waals surface area contributed by atoms with Crippen molar-refractivity contribution in [1.29, 1.82) is 0 Å². The van der Waals surface area contributed by atoms with Gasteiger partial charge in [-0.1, -0.05) is 114 Å². The van der Waals surface area contributed by atoms with Crippen LogP contribution in [0.5, 0.6) is 0 Å². The molecule has 4 nitrogen and oxygen atoms in total. The standard InChI is InChI=1S/C19H21N3S.C14H23N/c1-13-5-7-18(8-6-13)22-16(4)20-21-19(22)23-12-17-10-14(2)9-15(3)11-17;1-5-7-8-9-14(4)10-11-15-12-13(3)6-2/h5-11H,12H2,1-4H3;5,7-9,15H,1,3,6,10-12H2,2,4H3/b;8-7-,14-9+. The number of benzene rings is 2. The first-order valence-electron chi connectivity index (χ1n) is 13.2. The molecule has 3 rings (SSSR count). The topological polar surface area (TPSA) is 42.7 Å². The molecule has 1 N–H and O–H groups in total. The molecule has 0 bridgehead atoms. The number of nitrogens with zero attached hydrogens (tertiary/aromatic N) is 3. The zero-order valence-electron chi connectivity index (χ0n) is 24.1. The molecule has 0 aliphatic heterocycles. The molecule has 0 unspecified atom stereocenters. The zero-order chi connectivity index (χ0) is 27.9. The van der Waals surface area contributed by atoms with E-state index in [1.54, 1.807) is 17.8 Å². The van der Waals surface area contributed by atoms with Gasteiger partial charge in [-0.15, -0.1) is 10.2 Å². The lowest BCUT2D eigenvalue weighted by Gasteiger charge is -2.09. The molecular weight excluding hydrogens is 484 g/mol. The van der Waals surface area contributed by atoms with E-state index < -0.39 is 0 Å². The van der Waals surface area contributed by atoms with Crippen molar-refractivity contribution in [2.45, 2.75) is 65.3 Å². The molecule has 3 aromatic rings. The van der Waals surface area contributed by atoms with Crippen LogP contribution < -0.4 is 5.32 Å². The van der Waals surface area contributed by atoms with Crippen molar-refractivity contribution in [3.8, 4) is 5.69 Å². The number of thioether (sulfide) groups is 1. The summed E-state index contributed by atoms with van der Waals surface area (Å²) in [5.41, 5.74) is 8.94. The maximum absolute atomic E-state index is 4.35. The van der Waals surface area contributed by atoms with E-state index in [0.29, 0.717) is 0 Å². The Morgan fingerprint density at radius 2 is 1.66 bits per heavy atom. The Kier molecular flexibility index (Phi) is 13.6. The van der Waals surface area contributed by atoms with E-state index >= 15 is 0 Å². The maximum Gasteiger partial charge on any atom is 0.196 e. The lowest BCUT2D eigenvalue weighted by molar-refractivity contribution is 0.714. The van der Waals surface area contributed by atoms with Gasteiger partial charge in [0.2, 0.25) is 0 Å². The average molecular weight is 529 g/mol. The third kappa shape index (κ3) is 11.1. The van der Waals surface area contributed by atoms with Crippen LogP contribution in [0.4, 0.5) is 0 Å². The first-order valence-corrected chi connectivity index (χ1v) is 14.2. The largest absolute Gasteiger partial charge is 0.313 e. The molecule has 38 heavy (non-hydrogen) atoms.